The summed E-state index contributed by atoms with van der Waals surface area (Å²) in [5, 5.41) is 14.2. The van der Waals surface area contributed by atoms with Gasteiger partial charge in [-0.3, -0.25) is 19.2 Å². The first-order chi connectivity index (χ1) is 9.00. The molecular weight excluding hydrogens is 273 g/mol. The van der Waals surface area contributed by atoms with E-state index in [1.54, 1.807) is 13.8 Å². The first kappa shape index (κ1) is 15.4. The zero-order valence-electron chi connectivity index (χ0n) is 10.6. The quantitative estimate of drug-likeness (QED) is 0.328. The molecule has 0 spiro atoms. The first-order valence-electron chi connectivity index (χ1n) is 5.57. The van der Waals surface area contributed by atoms with E-state index in [4.69, 9.17) is 9.05 Å². The fourth-order valence-corrected chi connectivity index (χ4v) is 2.21. The lowest BCUT2D eigenvalue weighted by atomic mass is 10.3. The Morgan fingerprint density at radius 3 is 2.16 bits per heavy atom. The highest BCUT2D eigenvalue weighted by atomic mass is 31.2. The van der Waals surface area contributed by atoms with Crippen molar-refractivity contribution in [3.63, 3.8) is 0 Å². The van der Waals surface area contributed by atoms with E-state index in [0.29, 0.717) is 5.69 Å². The van der Waals surface area contributed by atoms with Crippen LogP contribution in [-0.4, -0.2) is 18.1 Å². The molecule has 0 amide bonds. The summed E-state index contributed by atoms with van der Waals surface area (Å²) in [6, 6.07) is 5.34. The predicted molar refractivity (Wildman–Crippen MR) is 68.5 cm³/mol. The molecule has 0 bridgehead atoms. The Labute approximate surface area is 110 Å². The maximum atomic E-state index is 11.9. The van der Waals surface area contributed by atoms with Gasteiger partial charge in [-0.15, -0.1) is 5.11 Å². The predicted octanol–water partition coefficient (Wildman–Crippen LogP) is 3.86. The molecule has 0 saturated carbocycles. The largest absolute Gasteiger partial charge is 0.472 e. The molecule has 1 aromatic carbocycles. The van der Waals surface area contributed by atoms with E-state index in [-0.39, 0.29) is 18.9 Å². The van der Waals surface area contributed by atoms with Crippen LogP contribution in [0.15, 0.2) is 34.3 Å². The summed E-state index contributed by atoms with van der Waals surface area (Å²) in [4.78, 5) is 13.5. The van der Waals surface area contributed by atoms with Gasteiger partial charge in [-0.1, -0.05) is 4.88 Å². The molecule has 0 aliphatic carbocycles. The van der Waals surface area contributed by atoms with Crippen molar-refractivity contribution in [3.05, 3.63) is 34.4 Å². The second kappa shape index (κ2) is 7.08. The van der Waals surface area contributed by atoms with Crippen LogP contribution in [0.1, 0.15) is 13.8 Å². The number of hydrogen-bond donors (Lipinski definition) is 0. The molecular formula is C10H14N3O5P. The normalized spacial score (nSPS) is 11.9. The second-order valence-electron chi connectivity index (χ2n) is 3.27. The highest BCUT2D eigenvalue weighted by molar-refractivity contribution is 7.52. The Hall–Kier alpha value is -1.63. The van der Waals surface area contributed by atoms with E-state index in [1.807, 2.05) is 0 Å². The molecule has 1 rings (SSSR count). The van der Waals surface area contributed by atoms with Crippen molar-refractivity contribution in [2.45, 2.75) is 13.8 Å². The zero-order chi connectivity index (χ0) is 14.3. The van der Waals surface area contributed by atoms with Gasteiger partial charge in [-0.25, -0.2) is 4.57 Å². The van der Waals surface area contributed by atoms with Crippen LogP contribution in [0.3, 0.4) is 0 Å². The van der Waals surface area contributed by atoms with Crippen molar-refractivity contribution < 1.29 is 18.5 Å². The fourth-order valence-electron chi connectivity index (χ4n) is 1.16. The van der Waals surface area contributed by atoms with Gasteiger partial charge in [-0.05, 0) is 26.0 Å². The molecule has 8 nitrogen and oxygen atoms in total. The Balaban J connectivity index is 2.84. The number of nitro groups is 1. The molecule has 19 heavy (non-hydrogen) atoms. The summed E-state index contributed by atoms with van der Waals surface area (Å²) >= 11 is 0. The molecule has 0 unspecified atom stereocenters. The van der Waals surface area contributed by atoms with Gasteiger partial charge in [0.25, 0.3) is 5.69 Å². The van der Waals surface area contributed by atoms with Crippen LogP contribution in [0.2, 0.25) is 0 Å². The molecule has 0 aliphatic rings. The Bertz CT molecular complexity index is 492. The third-order valence-electron chi connectivity index (χ3n) is 1.91. The third-order valence-corrected chi connectivity index (χ3v) is 3.39. The molecule has 1 aromatic rings. The van der Waals surface area contributed by atoms with Crippen molar-refractivity contribution in [1.82, 2.24) is 0 Å². The van der Waals surface area contributed by atoms with Gasteiger partial charge < -0.3 is 0 Å². The van der Waals surface area contributed by atoms with Crippen LogP contribution in [0.5, 0.6) is 0 Å². The average molecular weight is 287 g/mol. The Morgan fingerprint density at radius 2 is 1.74 bits per heavy atom. The molecule has 9 heteroatoms. The fraction of sp³-hybridized carbons (Fsp3) is 0.400. The Morgan fingerprint density at radius 1 is 1.21 bits per heavy atom. The van der Waals surface area contributed by atoms with Crippen LogP contribution in [0.25, 0.3) is 0 Å². The summed E-state index contributed by atoms with van der Waals surface area (Å²) in [6.07, 6.45) is 0. The molecule has 0 fully saturated rings. The summed E-state index contributed by atoms with van der Waals surface area (Å²) < 4.78 is 21.8. The second-order valence-corrected chi connectivity index (χ2v) is 4.90. The summed E-state index contributed by atoms with van der Waals surface area (Å²) in [5.74, 6) is 0. The van der Waals surface area contributed by atoms with E-state index in [0.717, 1.165) is 0 Å². The van der Waals surface area contributed by atoms with E-state index in [1.165, 1.54) is 24.3 Å². The van der Waals surface area contributed by atoms with Gasteiger partial charge in [0.05, 0.1) is 23.8 Å². The lowest BCUT2D eigenvalue weighted by molar-refractivity contribution is -0.384. The molecule has 0 radical (unpaired) electrons. The molecule has 0 N–H and O–H groups in total. The van der Waals surface area contributed by atoms with Gasteiger partial charge in [0.2, 0.25) is 0 Å². The van der Waals surface area contributed by atoms with E-state index >= 15 is 0 Å². The molecule has 0 heterocycles. The maximum absolute atomic E-state index is 11.9. The first-order valence-corrected chi connectivity index (χ1v) is 7.07. The van der Waals surface area contributed by atoms with Gasteiger partial charge in [-0.2, -0.15) is 0 Å². The monoisotopic (exact) mass is 287 g/mol. The minimum absolute atomic E-state index is 0.0586. The average Bonchev–Trinajstić information content (AvgIpc) is 2.37. The highest BCUT2D eigenvalue weighted by Crippen LogP contribution is 2.50. The minimum Gasteiger partial charge on any atom is -0.290 e. The third kappa shape index (κ3) is 4.86. The van der Waals surface area contributed by atoms with E-state index < -0.39 is 12.7 Å². The van der Waals surface area contributed by atoms with Gasteiger partial charge in [0.1, 0.15) is 0 Å². The number of benzene rings is 1. The molecule has 104 valence electrons. The summed E-state index contributed by atoms with van der Waals surface area (Å²) in [7, 11) is -3.59. The van der Waals surface area contributed by atoms with E-state index in [2.05, 4.69) is 10.00 Å². The van der Waals surface area contributed by atoms with Gasteiger partial charge >= 0.3 is 7.75 Å². The number of nitro benzene ring substituents is 1. The smallest absolute Gasteiger partial charge is 0.290 e. The van der Waals surface area contributed by atoms with Crippen LogP contribution >= 0.6 is 7.75 Å². The topological polar surface area (TPSA) is 103 Å². The summed E-state index contributed by atoms with van der Waals surface area (Å²) in [5.41, 5.74) is 0.266. The van der Waals surface area contributed by atoms with Gasteiger partial charge in [0.15, 0.2) is 0 Å². The molecule has 0 saturated heterocycles. The highest BCUT2D eigenvalue weighted by Gasteiger charge is 2.22. The van der Waals surface area contributed by atoms with Crippen molar-refractivity contribution in [2.24, 2.45) is 10.00 Å². The van der Waals surface area contributed by atoms with Crippen LogP contribution in [0.4, 0.5) is 11.4 Å². The Kier molecular flexibility index (Phi) is 5.75. The van der Waals surface area contributed by atoms with Crippen LogP contribution < -0.4 is 0 Å². The van der Waals surface area contributed by atoms with Gasteiger partial charge in [0, 0.05) is 12.1 Å². The number of non-ortho nitro benzene ring substituents is 1. The van der Waals surface area contributed by atoms with E-state index in [9.17, 15) is 14.7 Å². The SMILES string of the molecule is CCOP(=O)(N=Nc1ccc([N+](=O)[O-])cc1)OCC. The molecule has 0 atom stereocenters. The summed E-state index contributed by atoms with van der Waals surface area (Å²) in [6.45, 7) is 3.67. The number of hydrogen-bond acceptors (Lipinski definition) is 6. The molecule has 0 aliphatic heterocycles. The standard InChI is InChI=1S/C10H14N3O5P/c1-3-17-19(16,18-4-2)12-11-9-5-7-10(8-6-9)13(14)15/h5-8H,3-4H2,1-2H3. The molecule has 0 aromatic heterocycles. The minimum atomic E-state index is -3.59. The maximum Gasteiger partial charge on any atom is 0.472 e. The van der Waals surface area contributed by atoms with Crippen molar-refractivity contribution >= 4 is 19.1 Å². The number of rotatable bonds is 7. The number of nitrogens with zero attached hydrogens (tertiary/aromatic N) is 3. The van der Waals surface area contributed by atoms with Crippen LogP contribution in [-0.2, 0) is 13.6 Å². The van der Waals surface area contributed by atoms with Crippen molar-refractivity contribution in [1.29, 1.82) is 0 Å². The lowest BCUT2D eigenvalue weighted by Gasteiger charge is -2.09. The van der Waals surface area contributed by atoms with Crippen LogP contribution in [0, 0.1) is 10.1 Å². The van der Waals surface area contributed by atoms with Crippen molar-refractivity contribution in [3.8, 4) is 0 Å². The zero-order valence-corrected chi connectivity index (χ0v) is 11.4. The van der Waals surface area contributed by atoms with Crippen molar-refractivity contribution in [2.75, 3.05) is 13.2 Å². The lowest BCUT2D eigenvalue weighted by Crippen LogP contribution is -1.92.